The maximum Gasteiger partial charge on any atom is 0.254 e. The van der Waals surface area contributed by atoms with Crippen molar-refractivity contribution in [3.63, 3.8) is 0 Å². The summed E-state index contributed by atoms with van der Waals surface area (Å²) in [4.78, 5) is 47.5. The highest BCUT2D eigenvalue weighted by Crippen LogP contribution is 2.41. The number of aromatic nitrogens is 1. The Hall–Kier alpha value is -4.25. The lowest BCUT2D eigenvalue weighted by Crippen LogP contribution is -2.52. The molecule has 0 spiro atoms. The lowest BCUT2D eigenvalue weighted by molar-refractivity contribution is -0.137. The first-order valence-corrected chi connectivity index (χ1v) is 12.8. The third-order valence-corrected chi connectivity index (χ3v) is 7.46. The predicted octanol–water partition coefficient (Wildman–Crippen LogP) is 4.37. The number of nitriles is 1. The molecule has 4 rings (SSSR count). The summed E-state index contributed by atoms with van der Waals surface area (Å²) >= 11 is 0. The van der Waals surface area contributed by atoms with Gasteiger partial charge in [0.25, 0.3) is 5.91 Å². The molecule has 0 aliphatic carbocycles. The van der Waals surface area contributed by atoms with Crippen LogP contribution in [0.5, 0.6) is 0 Å². The zero-order valence-corrected chi connectivity index (χ0v) is 22.4. The lowest BCUT2D eigenvalue weighted by atomic mass is 9.78. The molecule has 3 amide bonds. The largest absolute Gasteiger partial charge is 0.330 e. The van der Waals surface area contributed by atoms with Crippen LogP contribution in [0.2, 0.25) is 0 Å². The zero-order valence-electron chi connectivity index (χ0n) is 22.4. The second-order valence-corrected chi connectivity index (χ2v) is 10.6. The van der Waals surface area contributed by atoms with Crippen LogP contribution >= 0.6 is 0 Å². The van der Waals surface area contributed by atoms with Crippen molar-refractivity contribution in [2.24, 2.45) is 5.92 Å². The minimum atomic E-state index is -0.959. The molecule has 1 aromatic heterocycles. The van der Waals surface area contributed by atoms with Crippen LogP contribution < -0.4 is 5.32 Å². The fraction of sp³-hybridized carbons (Fsp3) is 0.367. The number of pyridine rings is 1. The highest BCUT2D eigenvalue weighted by atomic mass is 16.2. The third kappa shape index (κ3) is 4.97. The highest BCUT2D eigenvalue weighted by molar-refractivity contribution is 6.06. The van der Waals surface area contributed by atoms with Crippen molar-refractivity contribution in [1.29, 1.82) is 5.26 Å². The molecule has 1 aliphatic heterocycles. The summed E-state index contributed by atoms with van der Waals surface area (Å²) in [6, 6.07) is 17.0. The maximum absolute atomic E-state index is 13.8. The Labute approximate surface area is 223 Å². The quantitative estimate of drug-likeness (QED) is 0.483. The summed E-state index contributed by atoms with van der Waals surface area (Å²) in [6.45, 7) is 5.77. The maximum atomic E-state index is 13.8. The van der Waals surface area contributed by atoms with E-state index in [9.17, 15) is 19.6 Å². The smallest absolute Gasteiger partial charge is 0.254 e. The first kappa shape index (κ1) is 26.8. The van der Waals surface area contributed by atoms with E-state index in [4.69, 9.17) is 0 Å². The SMILES string of the molecule is CC(C)C[C@@H](C(=O)N(C)[C@H](C#N)C[C@@]1(C)C(=O)Nc2ccccc21)N(C)C(=O)c1ccc2cccnc2c1. The monoisotopic (exact) mass is 511 g/mol. The minimum Gasteiger partial charge on any atom is -0.330 e. The number of hydrogen-bond donors (Lipinski definition) is 1. The molecule has 0 saturated heterocycles. The summed E-state index contributed by atoms with van der Waals surface area (Å²) in [6.07, 6.45) is 2.23. The predicted molar refractivity (Wildman–Crippen MR) is 146 cm³/mol. The number of rotatable bonds is 8. The molecule has 0 fully saturated rings. The molecule has 2 aromatic carbocycles. The van der Waals surface area contributed by atoms with Crippen LogP contribution in [-0.4, -0.2) is 58.7 Å². The Bertz CT molecular complexity index is 1430. The molecule has 0 unspecified atom stereocenters. The molecule has 0 bridgehead atoms. The Morgan fingerprint density at radius 3 is 2.53 bits per heavy atom. The Morgan fingerprint density at radius 2 is 1.82 bits per heavy atom. The number of amides is 3. The van der Waals surface area contributed by atoms with Crippen LogP contribution in [0.15, 0.2) is 60.8 Å². The van der Waals surface area contributed by atoms with Crippen LogP contribution in [-0.2, 0) is 15.0 Å². The second kappa shape index (κ2) is 10.6. The Morgan fingerprint density at radius 1 is 1.08 bits per heavy atom. The number of para-hydroxylation sites is 1. The van der Waals surface area contributed by atoms with Crippen molar-refractivity contribution in [2.45, 2.75) is 51.1 Å². The molecule has 196 valence electrons. The number of likely N-dealkylation sites (N-methyl/N-ethyl adjacent to an activating group) is 2. The fourth-order valence-corrected chi connectivity index (χ4v) is 5.12. The number of anilines is 1. The van der Waals surface area contributed by atoms with Gasteiger partial charge in [0, 0.05) is 36.9 Å². The summed E-state index contributed by atoms with van der Waals surface area (Å²) in [5.41, 5.74) is 1.70. The second-order valence-electron chi connectivity index (χ2n) is 10.6. The van der Waals surface area contributed by atoms with Crippen LogP contribution in [0.3, 0.4) is 0 Å². The van der Waals surface area contributed by atoms with Gasteiger partial charge in [-0.05, 0) is 55.5 Å². The number of fused-ring (bicyclic) bond motifs is 2. The number of nitrogens with one attached hydrogen (secondary N) is 1. The van der Waals surface area contributed by atoms with Crippen molar-refractivity contribution in [2.75, 3.05) is 19.4 Å². The molecule has 0 saturated carbocycles. The lowest BCUT2D eigenvalue weighted by Gasteiger charge is -2.35. The van der Waals surface area contributed by atoms with Gasteiger partial charge in [-0.2, -0.15) is 5.26 Å². The van der Waals surface area contributed by atoms with Gasteiger partial charge in [-0.25, -0.2) is 0 Å². The molecule has 0 radical (unpaired) electrons. The number of nitrogens with zero attached hydrogens (tertiary/aromatic N) is 4. The van der Waals surface area contributed by atoms with Gasteiger partial charge >= 0.3 is 0 Å². The number of carbonyl (C=O) groups excluding carboxylic acids is 3. The number of benzene rings is 2. The van der Waals surface area contributed by atoms with Crippen LogP contribution in [0.1, 0.15) is 49.5 Å². The zero-order chi connectivity index (χ0) is 27.6. The van der Waals surface area contributed by atoms with Crippen LogP contribution in [0, 0.1) is 17.2 Å². The highest BCUT2D eigenvalue weighted by Gasteiger charge is 2.45. The fourth-order valence-electron chi connectivity index (χ4n) is 5.12. The molecule has 1 aliphatic rings. The van der Waals surface area contributed by atoms with Crippen molar-refractivity contribution in [3.8, 4) is 6.07 Å². The van der Waals surface area contributed by atoms with E-state index in [1.165, 1.54) is 9.80 Å². The molecular formula is C30H33N5O3. The van der Waals surface area contributed by atoms with E-state index < -0.39 is 17.5 Å². The van der Waals surface area contributed by atoms with Gasteiger partial charge in [-0.1, -0.05) is 44.2 Å². The number of hydrogen-bond acceptors (Lipinski definition) is 5. The summed E-state index contributed by atoms with van der Waals surface area (Å²) < 4.78 is 0. The molecule has 2 heterocycles. The van der Waals surface area contributed by atoms with Gasteiger partial charge in [0.1, 0.15) is 12.1 Å². The van der Waals surface area contributed by atoms with E-state index in [1.54, 1.807) is 39.3 Å². The topological polar surface area (TPSA) is 106 Å². The molecule has 8 nitrogen and oxygen atoms in total. The normalized spacial score (nSPS) is 17.9. The van der Waals surface area contributed by atoms with Gasteiger partial charge in [0.05, 0.1) is 17.0 Å². The van der Waals surface area contributed by atoms with Crippen LogP contribution in [0.4, 0.5) is 5.69 Å². The molecule has 3 atom stereocenters. The third-order valence-electron chi connectivity index (χ3n) is 7.46. The summed E-state index contributed by atoms with van der Waals surface area (Å²) in [5, 5.41) is 13.9. The van der Waals surface area contributed by atoms with E-state index in [2.05, 4.69) is 16.4 Å². The standard InChI is InChI=1S/C30H33N5O3/c1-19(2)15-26(35(5)27(36)21-13-12-20-9-8-14-32-25(20)16-21)28(37)34(4)22(18-31)17-30(3)23-10-6-7-11-24(23)33-29(30)38/h6-14,16,19,22,26H,15,17H2,1-5H3,(H,33,38)/t22-,26-,30+/m0/s1. The van der Waals surface area contributed by atoms with Crippen molar-refractivity contribution >= 4 is 34.3 Å². The van der Waals surface area contributed by atoms with E-state index in [0.717, 1.165) is 16.6 Å². The molecule has 8 heteroatoms. The van der Waals surface area contributed by atoms with E-state index in [0.29, 0.717) is 17.5 Å². The molecule has 38 heavy (non-hydrogen) atoms. The first-order chi connectivity index (χ1) is 18.1. The summed E-state index contributed by atoms with van der Waals surface area (Å²) in [5.74, 6) is -0.711. The van der Waals surface area contributed by atoms with Crippen molar-refractivity contribution < 1.29 is 14.4 Å². The summed E-state index contributed by atoms with van der Waals surface area (Å²) in [7, 11) is 3.19. The average molecular weight is 512 g/mol. The van der Waals surface area contributed by atoms with E-state index in [-0.39, 0.29) is 30.1 Å². The first-order valence-electron chi connectivity index (χ1n) is 12.8. The Kier molecular flexibility index (Phi) is 7.49. The van der Waals surface area contributed by atoms with Gasteiger partial charge in [-0.15, -0.1) is 0 Å². The van der Waals surface area contributed by atoms with Crippen molar-refractivity contribution in [3.05, 3.63) is 71.9 Å². The van der Waals surface area contributed by atoms with Gasteiger partial charge in [-0.3, -0.25) is 19.4 Å². The van der Waals surface area contributed by atoms with E-state index >= 15 is 0 Å². The minimum absolute atomic E-state index is 0.122. The number of carbonyl (C=O) groups is 3. The van der Waals surface area contributed by atoms with Gasteiger partial charge in [0.15, 0.2) is 0 Å². The Balaban J connectivity index is 1.58. The van der Waals surface area contributed by atoms with Crippen molar-refractivity contribution in [1.82, 2.24) is 14.8 Å². The molecular weight excluding hydrogens is 478 g/mol. The van der Waals surface area contributed by atoms with Gasteiger partial charge < -0.3 is 15.1 Å². The molecule has 3 aromatic rings. The molecule has 1 N–H and O–H groups in total. The average Bonchev–Trinajstić information content (AvgIpc) is 3.17. The van der Waals surface area contributed by atoms with Crippen LogP contribution in [0.25, 0.3) is 10.9 Å². The van der Waals surface area contributed by atoms with E-state index in [1.807, 2.05) is 56.3 Å². The van der Waals surface area contributed by atoms with Gasteiger partial charge in [0.2, 0.25) is 11.8 Å².